The first kappa shape index (κ1) is 13.0. The highest BCUT2D eigenvalue weighted by atomic mass is 16.5. The van der Waals surface area contributed by atoms with Crippen LogP contribution >= 0.6 is 0 Å². The zero-order chi connectivity index (χ0) is 10.8. The molecular weight excluding hydrogens is 184 g/mol. The van der Waals surface area contributed by atoms with Gasteiger partial charge in [-0.05, 0) is 25.7 Å². The maximum atomic E-state index is 5.82. The van der Waals surface area contributed by atoms with Gasteiger partial charge in [0, 0.05) is 6.61 Å². The minimum atomic E-state index is 0.471. The Labute approximate surface area is 95.6 Å². The minimum Gasteiger partial charge on any atom is -0.378 e. The van der Waals surface area contributed by atoms with E-state index in [1.165, 1.54) is 57.8 Å². The molecule has 0 spiro atoms. The zero-order valence-electron chi connectivity index (χ0n) is 10.0. The molecule has 2 radical (unpaired) electrons. The summed E-state index contributed by atoms with van der Waals surface area (Å²) in [6.45, 7) is 4.82. The number of hydrogen-bond donors (Lipinski definition) is 0. The standard InChI is InChI=1S/C14H26O/c1-2-3-4-5-6-10-13-15-14-11-8-7-9-12-14/h11,14H,1-10,12-13H2. The van der Waals surface area contributed by atoms with E-state index < -0.39 is 0 Å². The van der Waals surface area contributed by atoms with Gasteiger partial charge in [-0.1, -0.05) is 51.9 Å². The minimum absolute atomic E-state index is 0.471. The monoisotopic (exact) mass is 210 g/mol. The summed E-state index contributed by atoms with van der Waals surface area (Å²) < 4.78 is 5.82. The summed E-state index contributed by atoms with van der Waals surface area (Å²) in [5.41, 5.74) is 0. The number of rotatable bonds is 8. The van der Waals surface area contributed by atoms with Crippen LogP contribution in [0, 0.1) is 13.3 Å². The highest BCUT2D eigenvalue weighted by Gasteiger charge is 2.13. The third-order valence-electron chi connectivity index (χ3n) is 3.10. The summed E-state index contributed by atoms with van der Waals surface area (Å²) in [6.07, 6.45) is 15.7. The SMILES string of the molecule is [CH2]CCCCCCCOC1[CH]CCCC1. The Bertz CT molecular complexity index is 127. The lowest BCUT2D eigenvalue weighted by Crippen LogP contribution is -2.17. The fourth-order valence-electron chi connectivity index (χ4n) is 2.11. The van der Waals surface area contributed by atoms with Gasteiger partial charge in [0.05, 0.1) is 6.10 Å². The maximum absolute atomic E-state index is 5.82. The predicted octanol–water partition coefficient (Wildman–Crippen LogP) is 4.32. The van der Waals surface area contributed by atoms with E-state index in [4.69, 9.17) is 4.74 Å². The van der Waals surface area contributed by atoms with E-state index >= 15 is 0 Å². The van der Waals surface area contributed by atoms with Crippen LogP contribution in [0.4, 0.5) is 0 Å². The van der Waals surface area contributed by atoms with Gasteiger partial charge in [0.25, 0.3) is 0 Å². The average Bonchev–Trinajstić information content (AvgIpc) is 2.29. The fourth-order valence-corrected chi connectivity index (χ4v) is 2.11. The number of unbranched alkanes of at least 4 members (excludes halogenated alkanes) is 5. The molecule has 1 aliphatic rings. The van der Waals surface area contributed by atoms with Crippen molar-refractivity contribution in [1.29, 1.82) is 0 Å². The Morgan fingerprint density at radius 3 is 2.60 bits per heavy atom. The van der Waals surface area contributed by atoms with Crippen LogP contribution in [-0.4, -0.2) is 12.7 Å². The average molecular weight is 210 g/mol. The highest BCUT2D eigenvalue weighted by Crippen LogP contribution is 2.19. The highest BCUT2D eigenvalue weighted by molar-refractivity contribution is 4.81. The molecule has 0 aromatic carbocycles. The van der Waals surface area contributed by atoms with Crippen molar-refractivity contribution in [2.24, 2.45) is 0 Å². The van der Waals surface area contributed by atoms with Gasteiger partial charge in [-0.3, -0.25) is 0 Å². The molecule has 0 heterocycles. The Morgan fingerprint density at radius 2 is 1.87 bits per heavy atom. The summed E-state index contributed by atoms with van der Waals surface area (Å²) >= 11 is 0. The van der Waals surface area contributed by atoms with E-state index in [9.17, 15) is 0 Å². The molecular formula is C14H26O. The van der Waals surface area contributed by atoms with Gasteiger partial charge in [0.1, 0.15) is 0 Å². The molecule has 1 aliphatic carbocycles. The van der Waals surface area contributed by atoms with Crippen molar-refractivity contribution in [3.63, 3.8) is 0 Å². The van der Waals surface area contributed by atoms with Gasteiger partial charge in [0.2, 0.25) is 0 Å². The Kier molecular flexibility index (Phi) is 7.99. The zero-order valence-corrected chi connectivity index (χ0v) is 10.0. The largest absolute Gasteiger partial charge is 0.378 e. The lowest BCUT2D eigenvalue weighted by atomic mass is 9.98. The summed E-state index contributed by atoms with van der Waals surface area (Å²) in [7, 11) is 0. The lowest BCUT2D eigenvalue weighted by molar-refractivity contribution is 0.0549. The van der Waals surface area contributed by atoms with E-state index in [0.717, 1.165) is 13.0 Å². The van der Waals surface area contributed by atoms with Crippen molar-refractivity contribution in [3.05, 3.63) is 13.3 Å². The van der Waals surface area contributed by atoms with E-state index in [1.54, 1.807) is 0 Å². The van der Waals surface area contributed by atoms with Crippen LogP contribution in [0.25, 0.3) is 0 Å². The number of hydrogen-bond acceptors (Lipinski definition) is 1. The summed E-state index contributed by atoms with van der Waals surface area (Å²) in [5.74, 6) is 0. The van der Waals surface area contributed by atoms with Crippen LogP contribution in [0.15, 0.2) is 0 Å². The predicted molar refractivity (Wildman–Crippen MR) is 65.6 cm³/mol. The van der Waals surface area contributed by atoms with Crippen LogP contribution in [0.2, 0.25) is 0 Å². The van der Waals surface area contributed by atoms with Gasteiger partial charge < -0.3 is 4.74 Å². The van der Waals surface area contributed by atoms with Gasteiger partial charge in [-0.15, -0.1) is 0 Å². The smallest absolute Gasteiger partial charge is 0.0606 e. The molecule has 0 aromatic heterocycles. The van der Waals surface area contributed by atoms with Crippen molar-refractivity contribution in [3.8, 4) is 0 Å². The second-order valence-electron chi connectivity index (χ2n) is 4.55. The van der Waals surface area contributed by atoms with Crippen molar-refractivity contribution < 1.29 is 4.74 Å². The Balaban J connectivity index is 1.79. The Hall–Kier alpha value is -0.0400. The molecule has 88 valence electrons. The van der Waals surface area contributed by atoms with Gasteiger partial charge in [-0.2, -0.15) is 0 Å². The van der Waals surface area contributed by atoms with Crippen molar-refractivity contribution in [1.82, 2.24) is 0 Å². The van der Waals surface area contributed by atoms with Gasteiger partial charge >= 0.3 is 0 Å². The van der Waals surface area contributed by atoms with Gasteiger partial charge in [-0.25, -0.2) is 0 Å². The van der Waals surface area contributed by atoms with Crippen LogP contribution < -0.4 is 0 Å². The molecule has 1 atom stereocenters. The molecule has 0 N–H and O–H groups in total. The van der Waals surface area contributed by atoms with Crippen LogP contribution in [0.5, 0.6) is 0 Å². The van der Waals surface area contributed by atoms with E-state index in [-0.39, 0.29) is 0 Å². The lowest BCUT2D eigenvalue weighted by Gasteiger charge is -2.21. The molecule has 1 fully saturated rings. The van der Waals surface area contributed by atoms with Crippen LogP contribution in [-0.2, 0) is 4.74 Å². The second-order valence-corrected chi connectivity index (χ2v) is 4.55. The topological polar surface area (TPSA) is 9.23 Å². The molecule has 0 amide bonds. The molecule has 0 aliphatic heterocycles. The van der Waals surface area contributed by atoms with Gasteiger partial charge in [0.15, 0.2) is 0 Å². The molecule has 15 heavy (non-hydrogen) atoms. The molecule has 0 bridgehead atoms. The number of ether oxygens (including phenoxy) is 1. The summed E-state index contributed by atoms with van der Waals surface area (Å²) in [5, 5.41) is 0. The fraction of sp³-hybridized carbons (Fsp3) is 0.857. The molecule has 1 rings (SSSR count). The summed E-state index contributed by atoms with van der Waals surface area (Å²) in [6, 6.07) is 0. The molecule has 0 saturated heterocycles. The quantitative estimate of drug-likeness (QED) is 0.542. The first-order chi connectivity index (χ1) is 7.43. The Morgan fingerprint density at radius 1 is 1.07 bits per heavy atom. The van der Waals surface area contributed by atoms with E-state index in [2.05, 4.69) is 13.3 Å². The third kappa shape index (κ3) is 6.94. The molecule has 1 nitrogen and oxygen atoms in total. The normalized spacial score (nSPS) is 18.2. The third-order valence-corrected chi connectivity index (χ3v) is 3.10. The van der Waals surface area contributed by atoms with E-state index in [1.807, 2.05) is 0 Å². The molecule has 0 aromatic rings. The molecule has 1 saturated carbocycles. The van der Waals surface area contributed by atoms with Crippen molar-refractivity contribution in [2.75, 3.05) is 6.61 Å². The first-order valence-corrected chi connectivity index (χ1v) is 6.67. The van der Waals surface area contributed by atoms with Crippen molar-refractivity contribution >= 4 is 0 Å². The first-order valence-electron chi connectivity index (χ1n) is 6.67. The maximum Gasteiger partial charge on any atom is 0.0606 e. The molecule has 1 unspecified atom stereocenters. The second kappa shape index (κ2) is 9.21. The van der Waals surface area contributed by atoms with Crippen LogP contribution in [0.1, 0.15) is 64.2 Å². The van der Waals surface area contributed by atoms with Crippen LogP contribution in [0.3, 0.4) is 0 Å². The molecule has 1 heteroatoms. The van der Waals surface area contributed by atoms with Crippen molar-refractivity contribution in [2.45, 2.75) is 70.3 Å². The summed E-state index contributed by atoms with van der Waals surface area (Å²) in [4.78, 5) is 0. The van der Waals surface area contributed by atoms with E-state index in [0.29, 0.717) is 6.10 Å².